The van der Waals surface area contributed by atoms with Crippen molar-refractivity contribution < 1.29 is 5.11 Å². The number of allylic oxidation sites excluding steroid dienone is 3. The van der Waals surface area contributed by atoms with Gasteiger partial charge in [0.25, 0.3) is 0 Å². The molecule has 0 fully saturated rings. The van der Waals surface area contributed by atoms with Crippen LogP contribution < -0.4 is 0 Å². The molecule has 1 nitrogen and oxygen atoms in total. The summed E-state index contributed by atoms with van der Waals surface area (Å²) in [5, 5.41) is 9.75. The van der Waals surface area contributed by atoms with Gasteiger partial charge in [-0.25, -0.2) is 0 Å². The predicted molar refractivity (Wildman–Crippen MR) is 65.8 cm³/mol. The molecule has 1 aliphatic rings. The lowest BCUT2D eigenvalue weighted by Crippen LogP contribution is -2.45. The number of hydrogen-bond acceptors (Lipinski definition) is 1. The molecule has 1 heteroatoms. The van der Waals surface area contributed by atoms with Crippen LogP contribution in [0.1, 0.15) is 48.0 Å². The van der Waals surface area contributed by atoms with Crippen LogP contribution >= 0.6 is 0 Å². The Kier molecular flexibility index (Phi) is 2.80. The maximum atomic E-state index is 9.75. The van der Waals surface area contributed by atoms with E-state index in [4.69, 9.17) is 0 Å². The van der Waals surface area contributed by atoms with Crippen molar-refractivity contribution in [1.82, 2.24) is 0 Å². The molecule has 0 aromatic rings. The zero-order valence-corrected chi connectivity index (χ0v) is 10.9. The van der Waals surface area contributed by atoms with Crippen LogP contribution in [-0.2, 0) is 0 Å². The van der Waals surface area contributed by atoms with Crippen molar-refractivity contribution in [3.8, 4) is 0 Å². The van der Waals surface area contributed by atoms with Gasteiger partial charge in [0.15, 0.2) is 0 Å². The normalized spacial score (nSPS) is 21.3. The summed E-state index contributed by atoms with van der Waals surface area (Å²) in [5.74, 6) is 0.408. The highest BCUT2D eigenvalue weighted by molar-refractivity contribution is 5.26. The fourth-order valence-electron chi connectivity index (χ4n) is 2.90. The van der Waals surface area contributed by atoms with E-state index in [0.29, 0.717) is 5.76 Å². The SMILES string of the molecule is CC(C)(C)C1(C(C)(C)C)C=C(O)C=CC1. The van der Waals surface area contributed by atoms with Crippen LogP contribution in [-0.4, -0.2) is 5.11 Å². The first-order valence-corrected chi connectivity index (χ1v) is 5.68. The quantitative estimate of drug-likeness (QED) is 0.623. The number of aliphatic hydroxyl groups excluding tert-OH is 1. The monoisotopic (exact) mass is 208 g/mol. The molecule has 0 unspecified atom stereocenters. The third-order valence-corrected chi connectivity index (χ3v) is 3.80. The summed E-state index contributed by atoms with van der Waals surface area (Å²) in [6.07, 6.45) is 6.94. The molecule has 0 saturated heterocycles. The van der Waals surface area contributed by atoms with Gasteiger partial charge in [0.1, 0.15) is 5.76 Å². The summed E-state index contributed by atoms with van der Waals surface area (Å²) in [7, 11) is 0. The van der Waals surface area contributed by atoms with E-state index in [1.54, 1.807) is 6.08 Å². The molecule has 0 spiro atoms. The lowest BCUT2D eigenvalue weighted by molar-refractivity contribution is 0.0156. The summed E-state index contributed by atoms with van der Waals surface area (Å²) < 4.78 is 0. The second kappa shape index (κ2) is 3.40. The third kappa shape index (κ3) is 1.97. The topological polar surface area (TPSA) is 20.2 Å². The van der Waals surface area contributed by atoms with E-state index in [1.807, 2.05) is 6.08 Å². The van der Waals surface area contributed by atoms with Gasteiger partial charge in [-0.3, -0.25) is 0 Å². The van der Waals surface area contributed by atoms with Gasteiger partial charge >= 0.3 is 0 Å². The lowest BCUT2D eigenvalue weighted by atomic mass is 9.52. The molecule has 0 heterocycles. The molecule has 0 aliphatic heterocycles. The first-order chi connectivity index (χ1) is 6.60. The van der Waals surface area contributed by atoms with Crippen LogP contribution in [0, 0.1) is 16.2 Å². The first-order valence-electron chi connectivity index (χ1n) is 5.68. The van der Waals surface area contributed by atoms with Crippen LogP contribution in [0.15, 0.2) is 24.0 Å². The van der Waals surface area contributed by atoms with Crippen LogP contribution in [0.4, 0.5) is 0 Å². The summed E-state index contributed by atoms with van der Waals surface area (Å²) in [6.45, 7) is 13.5. The van der Waals surface area contributed by atoms with Crippen LogP contribution in [0.5, 0.6) is 0 Å². The molecule has 15 heavy (non-hydrogen) atoms. The molecule has 0 amide bonds. The Morgan fingerprint density at radius 2 is 1.53 bits per heavy atom. The highest BCUT2D eigenvalue weighted by Crippen LogP contribution is 2.56. The van der Waals surface area contributed by atoms with Gasteiger partial charge in [0.2, 0.25) is 0 Å². The van der Waals surface area contributed by atoms with Crippen molar-refractivity contribution >= 4 is 0 Å². The molecule has 0 aromatic heterocycles. The standard InChI is InChI=1S/C14H24O/c1-12(2,3)14(13(4,5)6)9-7-8-11(15)10-14/h7-8,10,15H,9H2,1-6H3. The predicted octanol–water partition coefficient (Wildman–Crippen LogP) is 4.47. The molecule has 86 valence electrons. The summed E-state index contributed by atoms with van der Waals surface area (Å²) >= 11 is 0. The Bertz CT molecular complexity index is 280. The van der Waals surface area contributed by atoms with E-state index in [2.05, 4.69) is 47.6 Å². The summed E-state index contributed by atoms with van der Waals surface area (Å²) in [6, 6.07) is 0. The van der Waals surface area contributed by atoms with Crippen molar-refractivity contribution in [2.45, 2.75) is 48.0 Å². The maximum absolute atomic E-state index is 9.75. The Labute approximate surface area is 93.9 Å². The molecule has 0 saturated carbocycles. The second-order valence-electron chi connectivity index (χ2n) is 6.65. The van der Waals surface area contributed by atoms with Gasteiger partial charge in [-0.15, -0.1) is 0 Å². The fraction of sp³-hybridized carbons (Fsp3) is 0.714. The van der Waals surface area contributed by atoms with Gasteiger partial charge in [-0.2, -0.15) is 0 Å². The van der Waals surface area contributed by atoms with Crippen LogP contribution in [0.3, 0.4) is 0 Å². The first kappa shape index (κ1) is 12.4. The minimum absolute atomic E-state index is 0.0266. The minimum atomic E-state index is 0.0266. The molecular weight excluding hydrogens is 184 g/mol. The molecule has 1 N–H and O–H groups in total. The fourth-order valence-corrected chi connectivity index (χ4v) is 2.90. The maximum Gasteiger partial charge on any atom is 0.111 e. The Hall–Kier alpha value is -0.720. The minimum Gasteiger partial charge on any atom is -0.508 e. The van der Waals surface area contributed by atoms with Crippen molar-refractivity contribution in [3.63, 3.8) is 0 Å². The molecule has 1 aliphatic carbocycles. The largest absolute Gasteiger partial charge is 0.508 e. The van der Waals surface area contributed by atoms with Gasteiger partial charge in [0, 0.05) is 5.41 Å². The van der Waals surface area contributed by atoms with Crippen LogP contribution in [0.2, 0.25) is 0 Å². The van der Waals surface area contributed by atoms with E-state index >= 15 is 0 Å². The van der Waals surface area contributed by atoms with Gasteiger partial charge < -0.3 is 5.11 Å². The average Bonchev–Trinajstić information content (AvgIpc) is 1.99. The van der Waals surface area contributed by atoms with Crippen molar-refractivity contribution in [1.29, 1.82) is 0 Å². The van der Waals surface area contributed by atoms with E-state index in [1.165, 1.54) is 0 Å². The molecule has 0 atom stereocenters. The zero-order valence-electron chi connectivity index (χ0n) is 10.9. The molecular formula is C14H24O. The molecule has 0 bridgehead atoms. The van der Waals surface area contributed by atoms with Crippen molar-refractivity contribution in [2.75, 3.05) is 0 Å². The highest BCUT2D eigenvalue weighted by Gasteiger charge is 2.49. The molecule has 1 rings (SSSR count). The van der Waals surface area contributed by atoms with Crippen molar-refractivity contribution in [2.24, 2.45) is 16.2 Å². The van der Waals surface area contributed by atoms with Gasteiger partial charge in [-0.05, 0) is 29.4 Å². The van der Waals surface area contributed by atoms with E-state index < -0.39 is 0 Å². The smallest absolute Gasteiger partial charge is 0.111 e. The van der Waals surface area contributed by atoms with Gasteiger partial charge in [-0.1, -0.05) is 47.6 Å². The summed E-state index contributed by atoms with van der Waals surface area (Å²) in [4.78, 5) is 0. The summed E-state index contributed by atoms with van der Waals surface area (Å²) in [5.41, 5.74) is 0.312. The molecule has 0 radical (unpaired) electrons. The molecule has 0 aromatic carbocycles. The third-order valence-electron chi connectivity index (χ3n) is 3.80. The number of aliphatic hydroxyl groups is 1. The lowest BCUT2D eigenvalue weighted by Gasteiger charge is -2.52. The van der Waals surface area contributed by atoms with Gasteiger partial charge in [0.05, 0.1) is 0 Å². The Morgan fingerprint density at radius 1 is 1.07 bits per heavy atom. The average molecular weight is 208 g/mol. The van der Waals surface area contributed by atoms with E-state index in [9.17, 15) is 5.11 Å². The van der Waals surface area contributed by atoms with E-state index in [0.717, 1.165) is 6.42 Å². The zero-order chi connectivity index (χ0) is 11.9. The number of rotatable bonds is 0. The van der Waals surface area contributed by atoms with Crippen molar-refractivity contribution in [3.05, 3.63) is 24.0 Å². The Balaban J connectivity index is 3.28. The highest BCUT2D eigenvalue weighted by atomic mass is 16.3. The Morgan fingerprint density at radius 3 is 1.80 bits per heavy atom. The van der Waals surface area contributed by atoms with E-state index in [-0.39, 0.29) is 16.2 Å². The van der Waals surface area contributed by atoms with Crippen LogP contribution in [0.25, 0.3) is 0 Å². The second-order valence-corrected chi connectivity index (χ2v) is 6.65. The number of hydrogen-bond donors (Lipinski definition) is 1.